The molecule has 7 heteroatoms. The van der Waals surface area contributed by atoms with E-state index in [2.05, 4.69) is 10.2 Å². The van der Waals surface area contributed by atoms with Crippen LogP contribution in [0.3, 0.4) is 0 Å². The molecule has 1 aromatic heterocycles. The number of rotatable bonds is 3. The number of piperidine rings is 1. The molecule has 2 heterocycles. The summed E-state index contributed by atoms with van der Waals surface area (Å²) < 4.78 is 32.7. The van der Waals surface area contributed by atoms with Gasteiger partial charge in [0.15, 0.2) is 0 Å². The summed E-state index contributed by atoms with van der Waals surface area (Å²) in [6, 6.07) is 11.7. The second kappa shape index (κ2) is 7.26. The molecule has 27 heavy (non-hydrogen) atoms. The van der Waals surface area contributed by atoms with Crippen molar-refractivity contribution in [3.8, 4) is 11.5 Å². The predicted octanol–water partition coefficient (Wildman–Crippen LogP) is 4.03. The average molecular weight is 369 g/mol. The Hall–Kier alpha value is -3.09. The van der Waals surface area contributed by atoms with Gasteiger partial charge in [-0.25, -0.2) is 8.78 Å². The van der Waals surface area contributed by atoms with Crippen LogP contribution in [0.15, 0.2) is 52.9 Å². The molecule has 0 N–H and O–H groups in total. The van der Waals surface area contributed by atoms with Crippen molar-refractivity contribution in [1.82, 2.24) is 15.1 Å². The first-order valence-electron chi connectivity index (χ1n) is 8.75. The fraction of sp³-hybridized carbons (Fsp3) is 0.250. The average Bonchev–Trinajstić information content (AvgIpc) is 3.18. The van der Waals surface area contributed by atoms with Crippen LogP contribution in [0, 0.1) is 11.6 Å². The van der Waals surface area contributed by atoms with Crippen molar-refractivity contribution in [2.45, 2.75) is 18.8 Å². The Balaban J connectivity index is 1.51. The van der Waals surface area contributed by atoms with Crippen LogP contribution in [0.1, 0.15) is 35.0 Å². The van der Waals surface area contributed by atoms with Crippen molar-refractivity contribution >= 4 is 5.91 Å². The first kappa shape index (κ1) is 17.3. The quantitative estimate of drug-likeness (QED) is 0.699. The summed E-state index contributed by atoms with van der Waals surface area (Å²) in [6.45, 7) is 1.04. The minimum Gasteiger partial charge on any atom is -0.420 e. The second-order valence-electron chi connectivity index (χ2n) is 6.52. The van der Waals surface area contributed by atoms with Crippen LogP contribution < -0.4 is 0 Å². The largest absolute Gasteiger partial charge is 0.420 e. The zero-order chi connectivity index (χ0) is 18.8. The van der Waals surface area contributed by atoms with Gasteiger partial charge < -0.3 is 9.32 Å². The van der Waals surface area contributed by atoms with Crippen molar-refractivity contribution in [2.24, 2.45) is 0 Å². The molecule has 0 unspecified atom stereocenters. The number of nitrogens with zero attached hydrogens (tertiary/aromatic N) is 3. The lowest BCUT2D eigenvalue weighted by Crippen LogP contribution is -2.39. The number of halogens is 2. The molecule has 138 valence electrons. The Bertz CT molecular complexity index is 956. The fourth-order valence-corrected chi connectivity index (χ4v) is 3.28. The van der Waals surface area contributed by atoms with E-state index in [1.54, 1.807) is 23.1 Å². The van der Waals surface area contributed by atoms with Gasteiger partial charge in [-0.15, -0.1) is 10.2 Å². The van der Waals surface area contributed by atoms with Gasteiger partial charge in [-0.2, -0.15) is 0 Å². The molecule has 2 aromatic carbocycles. The van der Waals surface area contributed by atoms with E-state index in [1.807, 2.05) is 0 Å². The Morgan fingerprint density at radius 1 is 1.07 bits per heavy atom. The molecule has 0 radical (unpaired) electrons. The van der Waals surface area contributed by atoms with Crippen LogP contribution in [0.4, 0.5) is 8.78 Å². The Morgan fingerprint density at radius 2 is 1.85 bits per heavy atom. The molecule has 0 spiro atoms. The molecule has 3 aromatic rings. The van der Waals surface area contributed by atoms with Crippen LogP contribution in [0.5, 0.6) is 0 Å². The molecule has 0 saturated carbocycles. The molecular weight excluding hydrogens is 352 g/mol. The Labute approximate surface area is 154 Å². The van der Waals surface area contributed by atoms with Gasteiger partial charge in [0.1, 0.15) is 11.6 Å². The third kappa shape index (κ3) is 3.58. The predicted molar refractivity (Wildman–Crippen MR) is 94.0 cm³/mol. The second-order valence-corrected chi connectivity index (χ2v) is 6.52. The molecule has 0 aliphatic carbocycles. The molecular formula is C20H17F2N3O2. The van der Waals surface area contributed by atoms with Crippen LogP contribution >= 0.6 is 0 Å². The van der Waals surface area contributed by atoms with E-state index in [1.165, 1.54) is 30.3 Å². The van der Waals surface area contributed by atoms with E-state index in [0.717, 1.165) is 12.8 Å². The molecule has 0 bridgehead atoms. The highest BCUT2D eigenvalue weighted by Crippen LogP contribution is 2.29. The van der Waals surface area contributed by atoms with Gasteiger partial charge in [-0.05, 0) is 49.2 Å². The monoisotopic (exact) mass is 369 g/mol. The van der Waals surface area contributed by atoms with Crippen molar-refractivity contribution in [1.29, 1.82) is 0 Å². The summed E-state index contributed by atoms with van der Waals surface area (Å²) >= 11 is 0. The number of hydrogen-bond donors (Lipinski definition) is 0. The van der Waals surface area contributed by atoms with Crippen LogP contribution in [0.25, 0.3) is 11.5 Å². The van der Waals surface area contributed by atoms with Crippen molar-refractivity contribution in [3.63, 3.8) is 0 Å². The van der Waals surface area contributed by atoms with Gasteiger partial charge in [-0.1, -0.05) is 12.1 Å². The van der Waals surface area contributed by atoms with Crippen molar-refractivity contribution in [3.05, 3.63) is 71.6 Å². The number of carbonyl (C=O) groups is 1. The van der Waals surface area contributed by atoms with E-state index in [4.69, 9.17) is 4.42 Å². The molecule has 1 atom stereocenters. The number of hydrogen-bond acceptors (Lipinski definition) is 4. The maximum Gasteiger partial charge on any atom is 0.253 e. The van der Waals surface area contributed by atoms with Crippen molar-refractivity contribution in [2.75, 3.05) is 13.1 Å². The third-order valence-electron chi connectivity index (χ3n) is 4.69. The summed E-state index contributed by atoms with van der Waals surface area (Å²) in [4.78, 5) is 14.3. The lowest BCUT2D eigenvalue weighted by atomic mass is 9.97. The number of likely N-dealkylation sites (tertiary alicyclic amines) is 1. The Morgan fingerprint density at radius 3 is 2.63 bits per heavy atom. The molecule has 1 fully saturated rings. The highest BCUT2D eigenvalue weighted by atomic mass is 19.1. The van der Waals surface area contributed by atoms with E-state index in [-0.39, 0.29) is 29.1 Å². The molecule has 1 aliphatic heterocycles. The molecule has 1 aliphatic rings. The smallest absolute Gasteiger partial charge is 0.253 e. The lowest BCUT2D eigenvalue weighted by molar-refractivity contribution is 0.0698. The highest BCUT2D eigenvalue weighted by Gasteiger charge is 2.29. The SMILES string of the molecule is O=C(c1ccc(F)cc1)N1CCC[C@H](c2nnc(-c3ccccc3F)o2)C1. The normalized spacial score (nSPS) is 17.1. The first-order valence-corrected chi connectivity index (χ1v) is 8.75. The van der Waals surface area contributed by atoms with E-state index >= 15 is 0 Å². The van der Waals surface area contributed by atoms with Gasteiger partial charge in [0, 0.05) is 18.7 Å². The summed E-state index contributed by atoms with van der Waals surface area (Å²) in [7, 11) is 0. The number of carbonyl (C=O) groups excluding carboxylic acids is 1. The number of amides is 1. The summed E-state index contributed by atoms with van der Waals surface area (Å²) in [6.07, 6.45) is 1.58. The van der Waals surface area contributed by atoms with Gasteiger partial charge in [0.25, 0.3) is 11.8 Å². The van der Waals surface area contributed by atoms with Gasteiger partial charge in [0.2, 0.25) is 5.89 Å². The first-order chi connectivity index (χ1) is 13.1. The Kier molecular flexibility index (Phi) is 4.66. The maximum atomic E-state index is 13.9. The summed E-state index contributed by atoms with van der Waals surface area (Å²) in [5, 5.41) is 8.02. The third-order valence-corrected chi connectivity index (χ3v) is 4.69. The summed E-state index contributed by atoms with van der Waals surface area (Å²) in [5.74, 6) is -0.557. The molecule has 4 rings (SSSR count). The standard InChI is InChI=1S/C20H17F2N3O2/c21-15-9-7-13(8-10-15)20(26)25-11-3-4-14(12-25)18-23-24-19(27-18)16-5-1-2-6-17(16)22/h1-2,5-10,14H,3-4,11-12H2/t14-/m0/s1. The van der Waals surface area contributed by atoms with E-state index in [0.29, 0.717) is 24.5 Å². The zero-order valence-corrected chi connectivity index (χ0v) is 14.4. The zero-order valence-electron chi connectivity index (χ0n) is 14.4. The minimum absolute atomic E-state index is 0.115. The van der Waals surface area contributed by atoms with Gasteiger partial charge in [0.05, 0.1) is 11.5 Å². The van der Waals surface area contributed by atoms with E-state index in [9.17, 15) is 13.6 Å². The number of aromatic nitrogens is 2. The number of benzene rings is 2. The molecule has 1 amide bonds. The lowest BCUT2D eigenvalue weighted by Gasteiger charge is -2.31. The van der Waals surface area contributed by atoms with Gasteiger partial charge in [-0.3, -0.25) is 4.79 Å². The maximum absolute atomic E-state index is 13.9. The van der Waals surface area contributed by atoms with Gasteiger partial charge >= 0.3 is 0 Å². The van der Waals surface area contributed by atoms with Crippen molar-refractivity contribution < 1.29 is 18.0 Å². The minimum atomic E-state index is -0.426. The highest BCUT2D eigenvalue weighted by molar-refractivity contribution is 5.94. The van der Waals surface area contributed by atoms with Crippen LogP contribution in [-0.4, -0.2) is 34.1 Å². The molecule has 5 nitrogen and oxygen atoms in total. The summed E-state index contributed by atoms with van der Waals surface area (Å²) in [5.41, 5.74) is 0.695. The van der Waals surface area contributed by atoms with E-state index < -0.39 is 5.82 Å². The molecule has 1 saturated heterocycles. The van der Waals surface area contributed by atoms with Crippen LogP contribution in [0.2, 0.25) is 0 Å². The fourth-order valence-electron chi connectivity index (χ4n) is 3.28. The topological polar surface area (TPSA) is 59.2 Å². The van der Waals surface area contributed by atoms with Crippen LogP contribution in [-0.2, 0) is 0 Å².